The zero-order chi connectivity index (χ0) is 15.8. The van der Waals surface area contributed by atoms with Crippen LogP contribution in [-0.4, -0.2) is 27.0 Å². The van der Waals surface area contributed by atoms with Crippen LogP contribution in [0, 0.1) is 5.92 Å². The van der Waals surface area contributed by atoms with Gasteiger partial charge in [-0.05, 0) is 24.5 Å². The molecule has 0 amide bonds. The Kier molecular flexibility index (Phi) is 9.67. The average molecular weight is 461 g/mol. The summed E-state index contributed by atoms with van der Waals surface area (Å²) >= 11 is 20.0. The second-order valence-corrected chi connectivity index (χ2v) is 8.05. The predicted octanol–water partition coefficient (Wildman–Crippen LogP) is 6.24. The standard InChI is InChI=1S/C16H22Br2Cl2O/c1-3-12(13(17)10-19)16(20)15(18)14(4-2)21-11-8-6-5-7-9-11/h5-9,12-16H,3-4,10H2,1-2H3. The third-order valence-electron chi connectivity index (χ3n) is 3.58. The first-order chi connectivity index (χ1) is 10.0. The first kappa shape index (κ1) is 19.6. The van der Waals surface area contributed by atoms with E-state index in [1.54, 1.807) is 0 Å². The molecule has 0 saturated carbocycles. The molecule has 1 rings (SSSR count). The number of rotatable bonds is 9. The Labute approximate surface area is 155 Å². The molecule has 0 aromatic heterocycles. The lowest BCUT2D eigenvalue weighted by Gasteiger charge is -2.32. The highest BCUT2D eigenvalue weighted by atomic mass is 79.9. The molecule has 0 aliphatic carbocycles. The van der Waals surface area contributed by atoms with Crippen LogP contribution in [0.25, 0.3) is 0 Å². The van der Waals surface area contributed by atoms with E-state index in [9.17, 15) is 0 Å². The molecule has 120 valence electrons. The molecule has 5 atom stereocenters. The maximum Gasteiger partial charge on any atom is 0.119 e. The van der Waals surface area contributed by atoms with Crippen molar-refractivity contribution in [2.24, 2.45) is 5.92 Å². The molecule has 0 spiro atoms. The van der Waals surface area contributed by atoms with Crippen LogP contribution in [-0.2, 0) is 0 Å². The van der Waals surface area contributed by atoms with Crippen molar-refractivity contribution in [2.45, 2.75) is 47.8 Å². The fraction of sp³-hybridized carbons (Fsp3) is 0.625. The van der Waals surface area contributed by atoms with Gasteiger partial charge in [0.25, 0.3) is 0 Å². The number of hydrogen-bond donors (Lipinski definition) is 0. The smallest absolute Gasteiger partial charge is 0.119 e. The molecule has 5 heteroatoms. The molecule has 0 radical (unpaired) electrons. The molecule has 1 nitrogen and oxygen atoms in total. The normalized spacial score (nSPS) is 18.6. The molecular formula is C16H22Br2Cl2O. The highest BCUT2D eigenvalue weighted by Gasteiger charge is 2.34. The van der Waals surface area contributed by atoms with Crippen LogP contribution in [0.2, 0.25) is 0 Å². The van der Waals surface area contributed by atoms with Crippen molar-refractivity contribution in [1.29, 1.82) is 0 Å². The maximum absolute atomic E-state index is 6.70. The van der Waals surface area contributed by atoms with Crippen LogP contribution in [0.3, 0.4) is 0 Å². The maximum atomic E-state index is 6.70. The van der Waals surface area contributed by atoms with E-state index in [1.807, 2.05) is 30.3 Å². The molecule has 0 heterocycles. The summed E-state index contributed by atoms with van der Waals surface area (Å²) in [5, 5.41) is -0.0493. The van der Waals surface area contributed by atoms with Gasteiger partial charge >= 0.3 is 0 Å². The van der Waals surface area contributed by atoms with Gasteiger partial charge in [-0.2, -0.15) is 0 Å². The van der Waals surface area contributed by atoms with Crippen molar-refractivity contribution in [3.8, 4) is 5.75 Å². The minimum Gasteiger partial charge on any atom is -0.489 e. The highest BCUT2D eigenvalue weighted by Crippen LogP contribution is 2.33. The lowest BCUT2D eigenvalue weighted by molar-refractivity contribution is 0.185. The SMILES string of the molecule is CCC(Oc1ccccc1)C(Br)C(Cl)C(CC)C(Br)CCl. The number of benzene rings is 1. The van der Waals surface area contributed by atoms with E-state index in [4.69, 9.17) is 27.9 Å². The lowest BCUT2D eigenvalue weighted by atomic mass is 9.94. The molecule has 0 aliphatic heterocycles. The molecule has 0 aliphatic rings. The van der Waals surface area contributed by atoms with Crippen LogP contribution in [0.15, 0.2) is 30.3 Å². The summed E-state index contributed by atoms with van der Waals surface area (Å²) in [6.07, 6.45) is 1.89. The quantitative estimate of drug-likeness (QED) is 0.396. The van der Waals surface area contributed by atoms with Crippen LogP contribution >= 0.6 is 55.1 Å². The third kappa shape index (κ3) is 5.93. The number of alkyl halides is 4. The largest absolute Gasteiger partial charge is 0.489 e. The van der Waals surface area contributed by atoms with Crippen molar-refractivity contribution < 1.29 is 4.74 Å². The van der Waals surface area contributed by atoms with Gasteiger partial charge in [-0.25, -0.2) is 0 Å². The molecule has 5 unspecified atom stereocenters. The molecule has 0 bridgehead atoms. The number of hydrogen-bond acceptors (Lipinski definition) is 1. The molecule has 1 aromatic carbocycles. The molecule has 0 N–H and O–H groups in total. The van der Waals surface area contributed by atoms with Gasteiger partial charge in [0.05, 0.1) is 10.2 Å². The summed E-state index contributed by atoms with van der Waals surface area (Å²) < 4.78 is 6.07. The van der Waals surface area contributed by atoms with Gasteiger partial charge in [0.2, 0.25) is 0 Å². The lowest BCUT2D eigenvalue weighted by Crippen LogP contribution is -2.40. The van der Waals surface area contributed by atoms with E-state index < -0.39 is 0 Å². The van der Waals surface area contributed by atoms with Crippen molar-refractivity contribution >= 4 is 55.1 Å². The monoisotopic (exact) mass is 458 g/mol. The Bertz CT molecular complexity index is 391. The van der Waals surface area contributed by atoms with Gasteiger partial charge in [-0.15, -0.1) is 23.2 Å². The Balaban J connectivity index is 2.74. The first-order valence-electron chi connectivity index (χ1n) is 7.24. The Morgan fingerprint density at radius 2 is 1.71 bits per heavy atom. The van der Waals surface area contributed by atoms with E-state index >= 15 is 0 Å². The molecule has 1 aromatic rings. The topological polar surface area (TPSA) is 9.23 Å². The average Bonchev–Trinajstić information content (AvgIpc) is 2.53. The van der Waals surface area contributed by atoms with Crippen molar-refractivity contribution in [2.75, 3.05) is 5.88 Å². The van der Waals surface area contributed by atoms with E-state index in [0.717, 1.165) is 18.6 Å². The van der Waals surface area contributed by atoms with E-state index in [-0.39, 0.29) is 21.1 Å². The molecular weight excluding hydrogens is 439 g/mol. The second kappa shape index (κ2) is 10.4. The summed E-state index contributed by atoms with van der Waals surface area (Å²) in [7, 11) is 0. The summed E-state index contributed by atoms with van der Waals surface area (Å²) in [4.78, 5) is 0.276. The van der Waals surface area contributed by atoms with Crippen molar-refractivity contribution in [3.63, 3.8) is 0 Å². The number of ether oxygens (including phenoxy) is 1. The fourth-order valence-corrected chi connectivity index (χ4v) is 4.78. The van der Waals surface area contributed by atoms with Crippen LogP contribution in [0.5, 0.6) is 5.75 Å². The predicted molar refractivity (Wildman–Crippen MR) is 101 cm³/mol. The van der Waals surface area contributed by atoms with E-state index in [2.05, 4.69) is 45.7 Å². The summed E-state index contributed by atoms with van der Waals surface area (Å²) in [6.45, 7) is 4.25. The third-order valence-corrected chi connectivity index (χ3v) is 7.35. The number of halogens is 4. The van der Waals surface area contributed by atoms with Gasteiger partial charge in [0.1, 0.15) is 11.9 Å². The van der Waals surface area contributed by atoms with Crippen molar-refractivity contribution in [1.82, 2.24) is 0 Å². The summed E-state index contributed by atoms with van der Waals surface area (Å²) in [6, 6.07) is 9.86. The fourth-order valence-electron chi connectivity index (χ4n) is 2.28. The van der Waals surface area contributed by atoms with Gasteiger partial charge in [-0.3, -0.25) is 0 Å². The molecule has 21 heavy (non-hydrogen) atoms. The van der Waals surface area contributed by atoms with Gasteiger partial charge in [0.15, 0.2) is 0 Å². The van der Waals surface area contributed by atoms with Crippen LogP contribution in [0.1, 0.15) is 26.7 Å². The minimum absolute atomic E-state index is 0.0268. The highest BCUT2D eigenvalue weighted by molar-refractivity contribution is 9.10. The van der Waals surface area contributed by atoms with E-state index in [0.29, 0.717) is 11.8 Å². The summed E-state index contributed by atoms with van der Waals surface area (Å²) in [5.41, 5.74) is 0. The van der Waals surface area contributed by atoms with Crippen LogP contribution in [0.4, 0.5) is 0 Å². The minimum atomic E-state index is -0.0493. The van der Waals surface area contributed by atoms with Gasteiger partial charge in [-0.1, -0.05) is 70.3 Å². The first-order valence-corrected chi connectivity index (χ1v) is 10.0. The van der Waals surface area contributed by atoms with Gasteiger partial charge < -0.3 is 4.74 Å². The zero-order valence-corrected chi connectivity index (χ0v) is 17.0. The Morgan fingerprint density at radius 3 is 2.19 bits per heavy atom. The molecule has 0 fully saturated rings. The Hall–Kier alpha value is 0.560. The second-order valence-electron chi connectivity index (χ2n) is 5.01. The van der Waals surface area contributed by atoms with Crippen molar-refractivity contribution in [3.05, 3.63) is 30.3 Å². The molecule has 0 saturated heterocycles. The van der Waals surface area contributed by atoms with Crippen LogP contribution < -0.4 is 4.74 Å². The van der Waals surface area contributed by atoms with E-state index in [1.165, 1.54) is 0 Å². The number of para-hydroxylation sites is 1. The Morgan fingerprint density at radius 1 is 1.10 bits per heavy atom. The zero-order valence-electron chi connectivity index (χ0n) is 12.3. The summed E-state index contributed by atoms with van der Waals surface area (Å²) in [5.74, 6) is 1.72. The van der Waals surface area contributed by atoms with Gasteiger partial charge in [0, 0.05) is 10.7 Å².